The van der Waals surface area contributed by atoms with Gasteiger partial charge in [-0.3, -0.25) is 14.9 Å². The number of halogens is 1. The summed E-state index contributed by atoms with van der Waals surface area (Å²) in [7, 11) is 0. The number of aromatic carboxylic acids is 1. The maximum Gasteiger partial charge on any atom is 0.335 e. The van der Waals surface area contributed by atoms with E-state index in [9.17, 15) is 9.59 Å². The smallest absolute Gasteiger partial charge is 0.335 e. The molecule has 7 heteroatoms. The van der Waals surface area contributed by atoms with E-state index in [2.05, 4.69) is 10.1 Å². The van der Waals surface area contributed by atoms with Gasteiger partial charge in [-0.15, -0.1) is 0 Å². The summed E-state index contributed by atoms with van der Waals surface area (Å²) in [6.45, 7) is 0. The molecule has 4 aromatic rings. The third-order valence-corrected chi connectivity index (χ3v) is 4.09. The van der Waals surface area contributed by atoms with E-state index >= 15 is 0 Å². The zero-order chi connectivity index (χ0) is 16.8. The van der Waals surface area contributed by atoms with Crippen LogP contribution in [-0.4, -0.2) is 25.8 Å². The number of fused-ring (bicyclic) bond motifs is 3. The molecule has 0 saturated heterocycles. The number of nitrogens with one attached hydrogen (secondary N) is 1. The van der Waals surface area contributed by atoms with Crippen molar-refractivity contribution in [1.82, 2.24) is 14.8 Å². The fourth-order valence-electron chi connectivity index (χ4n) is 2.67. The lowest BCUT2D eigenvalue weighted by atomic mass is 10.2. The van der Waals surface area contributed by atoms with Gasteiger partial charge in [-0.2, -0.15) is 0 Å². The molecule has 2 heterocycles. The number of nitrogens with zero attached hydrogens (tertiary/aromatic N) is 2. The summed E-state index contributed by atoms with van der Waals surface area (Å²) in [5, 5.41) is 13.8. The lowest BCUT2D eigenvalue weighted by Gasteiger charge is -2.02. The van der Waals surface area contributed by atoms with Crippen LogP contribution in [0.15, 0.2) is 53.5 Å². The molecule has 0 aliphatic carbocycles. The summed E-state index contributed by atoms with van der Waals surface area (Å²) in [4.78, 5) is 27.8. The average molecular weight is 340 g/mol. The molecule has 118 valence electrons. The van der Waals surface area contributed by atoms with Crippen molar-refractivity contribution in [2.75, 3.05) is 0 Å². The molecule has 4 rings (SSSR count). The van der Waals surface area contributed by atoms with E-state index in [4.69, 9.17) is 16.7 Å². The van der Waals surface area contributed by atoms with Crippen LogP contribution in [0.2, 0.25) is 5.02 Å². The molecule has 0 fully saturated rings. The van der Waals surface area contributed by atoms with Crippen molar-refractivity contribution < 1.29 is 9.90 Å². The van der Waals surface area contributed by atoms with Gasteiger partial charge in [0.05, 0.1) is 27.7 Å². The minimum Gasteiger partial charge on any atom is -0.478 e. The summed E-state index contributed by atoms with van der Waals surface area (Å²) in [5.74, 6) is -1.02. The highest BCUT2D eigenvalue weighted by molar-refractivity contribution is 6.31. The first-order chi connectivity index (χ1) is 11.5. The Kier molecular flexibility index (Phi) is 3.14. The number of carboxylic acids is 1. The molecule has 0 atom stereocenters. The van der Waals surface area contributed by atoms with Crippen LogP contribution in [0.5, 0.6) is 0 Å². The zero-order valence-electron chi connectivity index (χ0n) is 12.2. The molecule has 2 aromatic carbocycles. The number of rotatable bonds is 2. The Hall–Kier alpha value is -3.12. The normalized spacial score (nSPS) is 11.2. The van der Waals surface area contributed by atoms with Gasteiger partial charge in [-0.25, -0.2) is 9.48 Å². The van der Waals surface area contributed by atoms with E-state index in [0.717, 1.165) is 10.9 Å². The minimum absolute atomic E-state index is 0.154. The van der Waals surface area contributed by atoms with E-state index < -0.39 is 5.97 Å². The Labute approximate surface area is 139 Å². The van der Waals surface area contributed by atoms with Crippen LogP contribution in [0.25, 0.3) is 27.5 Å². The van der Waals surface area contributed by atoms with Crippen molar-refractivity contribution in [3.63, 3.8) is 0 Å². The van der Waals surface area contributed by atoms with Gasteiger partial charge in [0.25, 0.3) is 5.56 Å². The molecule has 0 unspecified atom stereocenters. The van der Waals surface area contributed by atoms with Crippen molar-refractivity contribution in [3.05, 3.63) is 69.6 Å². The standard InChI is InChI=1S/C17H10ClN3O3/c18-10-3-6-14-12(7-10)15-13(8-19-14)16(22)21(20-15)11-4-1-9(2-5-11)17(23)24/h1-8,20H,(H,23,24). The molecular formula is C17H10ClN3O3. The second-order valence-corrected chi connectivity index (χ2v) is 5.75. The lowest BCUT2D eigenvalue weighted by Crippen LogP contribution is -2.14. The number of H-pyrrole nitrogens is 1. The van der Waals surface area contributed by atoms with Gasteiger partial charge >= 0.3 is 5.97 Å². The molecule has 0 spiro atoms. The van der Waals surface area contributed by atoms with Crippen LogP contribution in [-0.2, 0) is 0 Å². The zero-order valence-corrected chi connectivity index (χ0v) is 12.9. The summed E-state index contributed by atoms with van der Waals surface area (Å²) >= 11 is 6.05. The summed E-state index contributed by atoms with van der Waals surface area (Å²) in [5.41, 5.74) is 1.79. The SMILES string of the molecule is O=C(O)c1ccc(-n2[nH]c3c(cnc4ccc(Cl)cc43)c2=O)cc1. The van der Waals surface area contributed by atoms with Gasteiger partial charge in [0.2, 0.25) is 0 Å². The summed E-state index contributed by atoms with van der Waals surface area (Å²) < 4.78 is 1.36. The molecular weight excluding hydrogens is 330 g/mol. The molecule has 2 aromatic heterocycles. The van der Waals surface area contributed by atoms with Crippen molar-refractivity contribution in [3.8, 4) is 5.69 Å². The van der Waals surface area contributed by atoms with Gasteiger partial charge in [-0.05, 0) is 42.5 Å². The number of hydrogen-bond donors (Lipinski definition) is 2. The maximum atomic E-state index is 12.6. The van der Waals surface area contributed by atoms with Crippen molar-refractivity contribution >= 4 is 39.4 Å². The summed E-state index contributed by atoms with van der Waals surface area (Å²) in [6.07, 6.45) is 1.52. The fourth-order valence-corrected chi connectivity index (χ4v) is 2.84. The van der Waals surface area contributed by atoms with Gasteiger partial charge in [-0.1, -0.05) is 11.6 Å². The van der Waals surface area contributed by atoms with Gasteiger partial charge in [0, 0.05) is 16.6 Å². The number of carboxylic acid groups (broad SMARTS) is 1. The number of pyridine rings is 1. The first kappa shape index (κ1) is 14.5. The quantitative estimate of drug-likeness (QED) is 0.587. The maximum absolute atomic E-state index is 12.6. The largest absolute Gasteiger partial charge is 0.478 e. The predicted octanol–water partition coefficient (Wildman–Crippen LogP) is 3.22. The average Bonchev–Trinajstić information content (AvgIpc) is 2.92. The Morgan fingerprint density at radius 1 is 1.12 bits per heavy atom. The van der Waals surface area contributed by atoms with Crippen LogP contribution >= 0.6 is 11.6 Å². The van der Waals surface area contributed by atoms with Crippen molar-refractivity contribution in [2.45, 2.75) is 0 Å². The van der Waals surface area contributed by atoms with Gasteiger partial charge < -0.3 is 5.11 Å². The molecule has 0 bridgehead atoms. The minimum atomic E-state index is -1.02. The third kappa shape index (κ3) is 2.16. The third-order valence-electron chi connectivity index (χ3n) is 3.86. The first-order valence-corrected chi connectivity index (χ1v) is 7.45. The predicted molar refractivity (Wildman–Crippen MR) is 91.2 cm³/mol. The Morgan fingerprint density at radius 2 is 1.88 bits per heavy atom. The van der Waals surface area contributed by atoms with E-state index in [1.165, 1.54) is 23.0 Å². The van der Waals surface area contributed by atoms with E-state index in [1.54, 1.807) is 30.3 Å². The number of carbonyl (C=O) groups is 1. The monoisotopic (exact) mass is 339 g/mol. The van der Waals surface area contributed by atoms with Crippen molar-refractivity contribution in [2.24, 2.45) is 0 Å². The molecule has 24 heavy (non-hydrogen) atoms. The summed E-state index contributed by atoms with van der Waals surface area (Å²) in [6, 6.07) is 11.3. The topological polar surface area (TPSA) is 88.0 Å². The van der Waals surface area contributed by atoms with Crippen LogP contribution < -0.4 is 5.56 Å². The lowest BCUT2D eigenvalue weighted by molar-refractivity contribution is 0.0697. The highest BCUT2D eigenvalue weighted by atomic mass is 35.5. The first-order valence-electron chi connectivity index (χ1n) is 7.07. The molecule has 0 radical (unpaired) electrons. The molecule has 0 aliphatic rings. The number of aromatic amines is 1. The van der Waals surface area contributed by atoms with E-state index in [-0.39, 0.29) is 11.1 Å². The van der Waals surface area contributed by atoms with Crippen LogP contribution in [0.4, 0.5) is 0 Å². The van der Waals surface area contributed by atoms with Gasteiger partial charge in [0.15, 0.2) is 0 Å². The number of benzene rings is 2. The van der Waals surface area contributed by atoms with E-state index in [1.807, 2.05) is 0 Å². The Bertz CT molecular complexity index is 1160. The molecule has 6 nitrogen and oxygen atoms in total. The van der Waals surface area contributed by atoms with Crippen LogP contribution in [0, 0.1) is 0 Å². The van der Waals surface area contributed by atoms with Crippen LogP contribution in [0.3, 0.4) is 0 Å². The van der Waals surface area contributed by atoms with Crippen LogP contribution in [0.1, 0.15) is 10.4 Å². The number of hydrogen-bond acceptors (Lipinski definition) is 3. The number of aromatic nitrogens is 3. The highest BCUT2D eigenvalue weighted by Gasteiger charge is 2.12. The second kappa shape index (κ2) is 5.21. The highest BCUT2D eigenvalue weighted by Crippen LogP contribution is 2.24. The fraction of sp³-hybridized carbons (Fsp3) is 0. The molecule has 2 N–H and O–H groups in total. The Balaban J connectivity index is 1.98. The molecule has 0 aliphatic heterocycles. The second-order valence-electron chi connectivity index (χ2n) is 5.31. The van der Waals surface area contributed by atoms with Crippen molar-refractivity contribution in [1.29, 1.82) is 0 Å². The molecule has 0 saturated carbocycles. The molecule has 0 amide bonds. The van der Waals surface area contributed by atoms with E-state index in [0.29, 0.717) is 21.6 Å². The Morgan fingerprint density at radius 3 is 2.58 bits per heavy atom. The van der Waals surface area contributed by atoms with Gasteiger partial charge in [0.1, 0.15) is 0 Å².